The maximum absolute atomic E-state index is 12.1. The van der Waals surface area contributed by atoms with Crippen molar-refractivity contribution in [1.82, 2.24) is 0 Å². The van der Waals surface area contributed by atoms with Crippen molar-refractivity contribution < 1.29 is 14.7 Å². The van der Waals surface area contributed by atoms with Crippen molar-refractivity contribution >= 4 is 181 Å². The molecule has 4 aromatic carbocycles. The number of fused-ring (bicyclic) bond motifs is 8. The summed E-state index contributed by atoms with van der Waals surface area (Å²) in [7, 11) is 10.2. The van der Waals surface area contributed by atoms with Gasteiger partial charge in [-0.2, -0.15) is 0 Å². The van der Waals surface area contributed by atoms with Crippen LogP contribution in [-0.2, 0) is 14.7 Å². The normalized spacial score (nSPS) is 29.9. The van der Waals surface area contributed by atoms with Gasteiger partial charge in [0.15, 0.2) is 0 Å². The number of allylic oxidation sites excluding steroid dienone is 32. The molecule has 0 nitrogen and oxygen atoms in total. The molecule has 4 aromatic rings. The van der Waals surface area contributed by atoms with Crippen molar-refractivity contribution in [1.29, 1.82) is 0 Å². The zero-order chi connectivity index (χ0) is 78.1. The van der Waals surface area contributed by atoms with Gasteiger partial charge in [0.1, 0.15) is 0 Å². The third kappa shape index (κ3) is 10.1. The summed E-state index contributed by atoms with van der Waals surface area (Å²) < 4.78 is -3.80. The third-order valence-corrected chi connectivity index (χ3v) is 154. The van der Waals surface area contributed by atoms with Gasteiger partial charge >= 0.3 is 700 Å². The SMILES string of the molecule is CC(C)C1=CC2=C(C=CC=CC2c2cc(Cl)c([Si](C)(C)C)c(Cl)c2)[C]12[SiH](C)[C]1(C(C(C)C)=CC3=C1C=CC=CC3c1cc(Cl)c([Si](C)(C)C)c(Cl)c1)[Hf]21([Cl])([Cl])[C]2(C(C(C)C)=CC3=C2C=CC=CC3c2cc(Cl)c([Si](C)(C)C)c(Cl)c2)[SiH](C)[C]12C(C(C)C)=CC1=C2C=CC=CC1c1cc(Cl)c([Si](C)(C)C)c(Cl)c1. The van der Waals surface area contributed by atoms with Crippen LogP contribution in [0.4, 0.5) is 0 Å². The van der Waals surface area contributed by atoms with E-state index in [1.54, 1.807) is 0 Å². The van der Waals surface area contributed by atoms with Crippen LogP contribution >= 0.6 is 110 Å². The molecule has 8 atom stereocenters. The Morgan fingerprint density at radius 2 is 0.467 bits per heavy atom. The molecule has 2 aliphatic heterocycles. The van der Waals surface area contributed by atoms with Gasteiger partial charge in [-0.3, -0.25) is 0 Å². The Morgan fingerprint density at radius 1 is 0.299 bits per heavy atom. The van der Waals surface area contributed by atoms with Gasteiger partial charge in [0.25, 0.3) is 0 Å². The van der Waals surface area contributed by atoms with Gasteiger partial charge in [0.05, 0.1) is 0 Å². The quantitative estimate of drug-likeness (QED) is 0.124. The van der Waals surface area contributed by atoms with E-state index in [1.165, 1.54) is 66.9 Å². The Bertz CT molecular complexity index is 4460. The molecule has 0 saturated carbocycles. The van der Waals surface area contributed by atoms with E-state index >= 15 is 0 Å². The Hall–Kier alpha value is -2.21. The molecular formula is C90H104Cl10HfSi6. The Labute approximate surface area is 692 Å². The van der Waals surface area contributed by atoms with E-state index in [0.717, 1.165) is 83.2 Å². The number of hydrogen-bond donors (Lipinski definition) is 0. The molecule has 2 heterocycles. The second kappa shape index (κ2) is 26.7. The average Bonchev–Trinajstić information content (AvgIpc) is 1.50. The van der Waals surface area contributed by atoms with Gasteiger partial charge in [-0.15, -0.1) is 0 Å². The van der Waals surface area contributed by atoms with Crippen LogP contribution in [-0.4, -0.2) is 49.9 Å². The van der Waals surface area contributed by atoms with E-state index < -0.39 is 75.7 Å². The standard InChI is InChI=1S/2C45H52Cl4Si3.2ClH.Hf/c2*1-26(2)34-24-36-30(28-20-38(46)44(39(47)21-28)51(6,7)8)16-12-14-18-32(36)42(34)50(5)43-33-19-15-13-17-31(37(33)25-35(43)27(3)4)29-22-40(48)45(41(49)23-29)52(9,10)11;;;/h2*12-27,30-31,50H,1-11H3;2*1H;/q;;;;+2/p-2. The summed E-state index contributed by atoms with van der Waals surface area (Å²) in [5.41, 5.74) is 19.6. The van der Waals surface area contributed by atoms with Crippen LogP contribution in [0.25, 0.3) is 0 Å². The van der Waals surface area contributed by atoms with Crippen molar-refractivity contribution in [3.05, 3.63) is 299 Å². The molecule has 2 fully saturated rings. The van der Waals surface area contributed by atoms with Gasteiger partial charge in [-0.1, -0.05) is 0 Å². The fraction of sp³-hybridized carbons (Fsp3) is 0.378. The molecule has 0 bridgehead atoms. The minimum atomic E-state index is -8.50. The average molecular weight is 1890 g/mol. The van der Waals surface area contributed by atoms with Crippen molar-refractivity contribution in [2.75, 3.05) is 0 Å². The Kier molecular flexibility index (Phi) is 20.3. The van der Waals surface area contributed by atoms with E-state index in [-0.39, 0.29) is 47.3 Å². The van der Waals surface area contributed by atoms with Gasteiger partial charge in [0.2, 0.25) is 0 Å². The van der Waals surface area contributed by atoms with Gasteiger partial charge in [-0.25, -0.2) is 0 Å². The monoisotopic (exact) mass is 1880 g/mol. The Balaban J connectivity index is 1.26. The van der Waals surface area contributed by atoms with Gasteiger partial charge in [0, 0.05) is 0 Å². The van der Waals surface area contributed by atoms with Crippen LogP contribution in [0.1, 0.15) is 101 Å². The van der Waals surface area contributed by atoms with Crippen molar-refractivity contribution in [3.8, 4) is 0 Å². The number of benzene rings is 4. The summed E-state index contributed by atoms with van der Waals surface area (Å²) in [6.07, 6.45) is 48.9. The second-order valence-corrected chi connectivity index (χ2v) is 116. The second-order valence-electron chi connectivity index (χ2n) is 38.1. The first kappa shape index (κ1) is 81.4. The van der Waals surface area contributed by atoms with Crippen LogP contribution in [0.3, 0.4) is 0 Å². The minimum absolute atomic E-state index is 0.0425. The summed E-state index contributed by atoms with van der Waals surface area (Å²) >= 11 is 53.3. The zero-order valence-corrected chi connectivity index (χ0v) is 83.7. The van der Waals surface area contributed by atoms with Crippen LogP contribution in [0.2, 0.25) is 143 Å². The molecule has 107 heavy (non-hydrogen) atoms. The van der Waals surface area contributed by atoms with Gasteiger partial charge in [-0.05, 0) is 0 Å². The molecule has 8 unspecified atom stereocenters. The number of halogens is 10. The molecule has 10 aliphatic rings. The first-order valence-electron chi connectivity index (χ1n) is 38.7. The summed E-state index contributed by atoms with van der Waals surface area (Å²) in [6.45, 7) is 53.1. The maximum atomic E-state index is 12.1. The van der Waals surface area contributed by atoms with E-state index in [2.05, 4.69) is 317 Å². The molecule has 8 aliphatic carbocycles. The van der Waals surface area contributed by atoms with E-state index in [0.29, 0.717) is 0 Å². The van der Waals surface area contributed by atoms with Crippen molar-refractivity contribution in [2.24, 2.45) is 23.7 Å². The Morgan fingerprint density at radius 3 is 0.617 bits per heavy atom. The zero-order valence-electron chi connectivity index (χ0n) is 66.2. The molecule has 562 valence electrons. The predicted octanol–water partition coefficient (Wildman–Crippen LogP) is 28.7. The molecular weight excluding hydrogens is 1780 g/mol. The first-order valence-corrected chi connectivity index (χ1v) is 76.4. The summed E-state index contributed by atoms with van der Waals surface area (Å²) in [6, 6.07) is 17.9. The molecule has 2 saturated heterocycles. The van der Waals surface area contributed by atoms with Crippen LogP contribution < -0.4 is 20.7 Å². The first-order chi connectivity index (χ1) is 49.7. The van der Waals surface area contributed by atoms with Gasteiger partial charge < -0.3 is 0 Å². The van der Waals surface area contributed by atoms with Crippen LogP contribution in [0, 0.1) is 23.7 Å². The number of hydrogen-bond acceptors (Lipinski definition) is 0. The predicted molar refractivity (Wildman–Crippen MR) is 490 cm³/mol. The number of rotatable bonds is 12. The fourth-order valence-electron chi connectivity index (χ4n) is 25.0. The van der Waals surface area contributed by atoms with E-state index in [4.69, 9.17) is 92.8 Å². The molecule has 5 spiro atoms. The summed E-state index contributed by atoms with van der Waals surface area (Å²) in [4.78, 5) is 0. The molecule has 0 aromatic heterocycles. The van der Waals surface area contributed by atoms with E-state index in [1.807, 2.05) is 0 Å². The summed E-state index contributed by atoms with van der Waals surface area (Å²) in [5, 5.41) is 10.0. The van der Waals surface area contributed by atoms with Crippen molar-refractivity contribution in [2.45, 2.75) is 182 Å². The summed E-state index contributed by atoms with van der Waals surface area (Å²) in [5.74, 6) is -1.29. The molecule has 0 N–H and O–H groups in total. The molecule has 0 amide bonds. The van der Waals surface area contributed by atoms with Crippen LogP contribution in [0.15, 0.2) is 237 Å². The van der Waals surface area contributed by atoms with Crippen LogP contribution in [0.5, 0.6) is 0 Å². The van der Waals surface area contributed by atoms with Crippen molar-refractivity contribution in [3.63, 3.8) is 0 Å². The molecule has 0 radical (unpaired) electrons. The topological polar surface area (TPSA) is 0 Å². The van der Waals surface area contributed by atoms with E-state index in [9.17, 15) is 17.2 Å². The molecule has 17 heteroatoms. The fourth-order valence-corrected chi connectivity index (χ4v) is 211. The third-order valence-electron chi connectivity index (χ3n) is 27.4. The molecule has 14 rings (SSSR count).